The summed E-state index contributed by atoms with van der Waals surface area (Å²) in [4.78, 5) is 25.8. The standard InChI is InChI=1S/C16H11N3O4/c20-16(21)14-10-18(12-7-4-8-13(9-12)19(22)23)15(17-14)11-5-2-1-3-6-11/h1-10H,(H,20,21). The molecule has 0 atom stereocenters. The minimum absolute atomic E-state index is 0.0768. The van der Waals surface area contributed by atoms with E-state index in [-0.39, 0.29) is 11.4 Å². The van der Waals surface area contributed by atoms with Crippen LogP contribution in [-0.2, 0) is 0 Å². The van der Waals surface area contributed by atoms with Gasteiger partial charge in [-0.15, -0.1) is 0 Å². The summed E-state index contributed by atoms with van der Waals surface area (Å²) in [6, 6.07) is 15.0. The fourth-order valence-corrected chi connectivity index (χ4v) is 2.23. The van der Waals surface area contributed by atoms with E-state index < -0.39 is 10.9 Å². The van der Waals surface area contributed by atoms with Crippen molar-refractivity contribution in [1.82, 2.24) is 9.55 Å². The van der Waals surface area contributed by atoms with E-state index in [0.717, 1.165) is 0 Å². The van der Waals surface area contributed by atoms with Crippen LogP contribution in [0.5, 0.6) is 0 Å². The number of carboxylic acids is 1. The van der Waals surface area contributed by atoms with Gasteiger partial charge in [-0.2, -0.15) is 0 Å². The topological polar surface area (TPSA) is 98.3 Å². The lowest BCUT2D eigenvalue weighted by molar-refractivity contribution is -0.384. The molecular formula is C16H11N3O4. The smallest absolute Gasteiger partial charge is 0.356 e. The van der Waals surface area contributed by atoms with E-state index in [0.29, 0.717) is 17.1 Å². The molecule has 23 heavy (non-hydrogen) atoms. The van der Waals surface area contributed by atoms with Crippen LogP contribution in [0.15, 0.2) is 60.8 Å². The van der Waals surface area contributed by atoms with E-state index in [4.69, 9.17) is 0 Å². The number of imidazole rings is 1. The fraction of sp³-hybridized carbons (Fsp3) is 0. The minimum atomic E-state index is -1.16. The molecule has 7 nitrogen and oxygen atoms in total. The van der Waals surface area contributed by atoms with Crippen LogP contribution in [0.25, 0.3) is 17.1 Å². The van der Waals surface area contributed by atoms with Gasteiger partial charge in [-0.3, -0.25) is 14.7 Å². The Bertz CT molecular complexity index is 887. The van der Waals surface area contributed by atoms with Crippen LogP contribution in [0.3, 0.4) is 0 Å². The quantitative estimate of drug-likeness (QED) is 0.589. The number of hydrogen-bond acceptors (Lipinski definition) is 4. The Labute approximate surface area is 130 Å². The third-order valence-electron chi connectivity index (χ3n) is 3.28. The number of hydrogen-bond donors (Lipinski definition) is 1. The van der Waals surface area contributed by atoms with Gasteiger partial charge in [-0.25, -0.2) is 9.78 Å². The highest BCUT2D eigenvalue weighted by molar-refractivity contribution is 5.86. The maximum Gasteiger partial charge on any atom is 0.356 e. The molecule has 0 aliphatic carbocycles. The Kier molecular flexibility index (Phi) is 3.60. The van der Waals surface area contributed by atoms with Gasteiger partial charge in [0.25, 0.3) is 5.69 Å². The first-order valence-electron chi connectivity index (χ1n) is 6.69. The zero-order valence-corrected chi connectivity index (χ0v) is 11.8. The summed E-state index contributed by atoms with van der Waals surface area (Å²) in [7, 11) is 0. The number of carboxylic acid groups (broad SMARTS) is 1. The summed E-state index contributed by atoms with van der Waals surface area (Å²) in [6.07, 6.45) is 1.35. The monoisotopic (exact) mass is 309 g/mol. The average Bonchev–Trinajstić information content (AvgIpc) is 3.01. The van der Waals surface area contributed by atoms with Crippen molar-refractivity contribution in [2.24, 2.45) is 0 Å². The fourth-order valence-electron chi connectivity index (χ4n) is 2.23. The van der Waals surface area contributed by atoms with E-state index >= 15 is 0 Å². The zero-order valence-electron chi connectivity index (χ0n) is 11.8. The van der Waals surface area contributed by atoms with Crippen LogP contribution in [0, 0.1) is 10.1 Å². The highest BCUT2D eigenvalue weighted by Gasteiger charge is 2.17. The number of nitro benzene ring substituents is 1. The molecule has 0 unspecified atom stereocenters. The zero-order chi connectivity index (χ0) is 16.4. The minimum Gasteiger partial charge on any atom is -0.476 e. The SMILES string of the molecule is O=C(O)c1cn(-c2cccc([N+](=O)[O-])c2)c(-c2ccccc2)n1. The molecule has 2 aromatic carbocycles. The molecule has 1 N–H and O–H groups in total. The molecule has 114 valence electrons. The number of aromatic carboxylic acids is 1. The van der Waals surface area contributed by atoms with Gasteiger partial charge in [0, 0.05) is 23.9 Å². The maximum absolute atomic E-state index is 11.2. The number of nitrogens with zero attached hydrogens (tertiary/aromatic N) is 3. The van der Waals surface area contributed by atoms with Crippen molar-refractivity contribution < 1.29 is 14.8 Å². The van der Waals surface area contributed by atoms with Gasteiger partial charge in [0.2, 0.25) is 0 Å². The lowest BCUT2D eigenvalue weighted by Gasteiger charge is -2.07. The molecule has 0 bridgehead atoms. The summed E-state index contributed by atoms with van der Waals surface area (Å²) < 4.78 is 1.53. The summed E-state index contributed by atoms with van der Waals surface area (Å²) in [5, 5.41) is 20.1. The van der Waals surface area contributed by atoms with Gasteiger partial charge in [0.05, 0.1) is 10.6 Å². The van der Waals surface area contributed by atoms with Crippen molar-refractivity contribution in [2.75, 3.05) is 0 Å². The number of carbonyl (C=O) groups is 1. The van der Waals surface area contributed by atoms with Gasteiger partial charge in [0.15, 0.2) is 5.69 Å². The molecule has 0 radical (unpaired) electrons. The maximum atomic E-state index is 11.2. The molecule has 0 saturated heterocycles. The van der Waals surface area contributed by atoms with Crippen molar-refractivity contribution in [3.8, 4) is 17.1 Å². The third kappa shape index (κ3) is 2.80. The second-order valence-corrected chi connectivity index (χ2v) is 4.77. The highest BCUT2D eigenvalue weighted by Crippen LogP contribution is 2.25. The van der Waals surface area contributed by atoms with Crippen LogP contribution in [0.4, 0.5) is 5.69 Å². The molecular weight excluding hydrogens is 298 g/mol. The predicted molar refractivity (Wildman–Crippen MR) is 82.6 cm³/mol. The Morgan fingerprint density at radius 2 is 1.87 bits per heavy atom. The Hall–Kier alpha value is -3.48. The first-order valence-corrected chi connectivity index (χ1v) is 6.69. The van der Waals surface area contributed by atoms with Crippen LogP contribution < -0.4 is 0 Å². The molecule has 0 amide bonds. The van der Waals surface area contributed by atoms with Gasteiger partial charge in [-0.05, 0) is 6.07 Å². The molecule has 3 aromatic rings. The summed E-state index contributed by atoms with van der Waals surface area (Å²) in [5.41, 5.74) is 0.979. The Balaban J connectivity index is 2.20. The predicted octanol–water partition coefficient (Wildman–Crippen LogP) is 3.15. The van der Waals surface area contributed by atoms with Gasteiger partial charge in [-0.1, -0.05) is 36.4 Å². The molecule has 1 aromatic heterocycles. The second kappa shape index (κ2) is 5.72. The first-order chi connectivity index (χ1) is 11.1. The first kappa shape index (κ1) is 14.5. The average molecular weight is 309 g/mol. The Morgan fingerprint density at radius 3 is 2.52 bits per heavy atom. The largest absolute Gasteiger partial charge is 0.476 e. The van der Waals surface area contributed by atoms with Crippen molar-refractivity contribution >= 4 is 11.7 Å². The molecule has 0 aliphatic rings. The van der Waals surface area contributed by atoms with Crippen LogP contribution in [0.1, 0.15) is 10.5 Å². The van der Waals surface area contributed by atoms with E-state index in [1.807, 2.05) is 18.2 Å². The van der Waals surface area contributed by atoms with E-state index in [2.05, 4.69) is 4.98 Å². The number of nitro groups is 1. The summed E-state index contributed by atoms with van der Waals surface area (Å²) >= 11 is 0. The second-order valence-electron chi connectivity index (χ2n) is 4.77. The molecule has 7 heteroatoms. The summed E-state index contributed by atoms with van der Waals surface area (Å²) in [6.45, 7) is 0. The number of non-ortho nitro benzene ring substituents is 1. The normalized spacial score (nSPS) is 10.4. The van der Waals surface area contributed by atoms with Crippen molar-refractivity contribution in [1.29, 1.82) is 0 Å². The number of aromatic nitrogens is 2. The highest BCUT2D eigenvalue weighted by atomic mass is 16.6. The van der Waals surface area contributed by atoms with E-state index in [9.17, 15) is 20.0 Å². The van der Waals surface area contributed by atoms with Crippen LogP contribution >= 0.6 is 0 Å². The van der Waals surface area contributed by atoms with E-state index in [1.165, 1.54) is 22.9 Å². The van der Waals surface area contributed by atoms with Crippen molar-refractivity contribution in [2.45, 2.75) is 0 Å². The Morgan fingerprint density at radius 1 is 1.13 bits per heavy atom. The van der Waals surface area contributed by atoms with Gasteiger partial charge < -0.3 is 5.11 Å². The lowest BCUT2D eigenvalue weighted by atomic mass is 10.2. The number of benzene rings is 2. The molecule has 3 rings (SSSR count). The van der Waals surface area contributed by atoms with Crippen LogP contribution in [-0.4, -0.2) is 25.6 Å². The molecule has 0 saturated carbocycles. The van der Waals surface area contributed by atoms with E-state index in [1.54, 1.807) is 24.3 Å². The third-order valence-corrected chi connectivity index (χ3v) is 3.28. The van der Waals surface area contributed by atoms with Crippen molar-refractivity contribution in [3.05, 3.63) is 76.6 Å². The number of rotatable bonds is 4. The molecule has 0 aliphatic heterocycles. The van der Waals surface area contributed by atoms with Gasteiger partial charge >= 0.3 is 5.97 Å². The summed E-state index contributed by atoms with van der Waals surface area (Å²) in [5.74, 6) is -0.755. The van der Waals surface area contributed by atoms with Gasteiger partial charge in [0.1, 0.15) is 5.82 Å². The molecule has 0 spiro atoms. The lowest BCUT2D eigenvalue weighted by Crippen LogP contribution is -1.97. The molecule has 0 fully saturated rings. The van der Waals surface area contributed by atoms with Crippen LogP contribution in [0.2, 0.25) is 0 Å². The van der Waals surface area contributed by atoms with Crippen molar-refractivity contribution in [3.63, 3.8) is 0 Å². The molecule has 1 heterocycles.